The van der Waals surface area contributed by atoms with Crippen LogP contribution in [0.1, 0.15) is 66.7 Å². The molecule has 0 aromatic carbocycles. The summed E-state index contributed by atoms with van der Waals surface area (Å²) < 4.78 is 5.18. The van der Waals surface area contributed by atoms with Crippen LogP contribution >= 0.6 is 0 Å². The van der Waals surface area contributed by atoms with Gasteiger partial charge in [-0.3, -0.25) is 9.63 Å². The van der Waals surface area contributed by atoms with Gasteiger partial charge in [-0.05, 0) is 47.5 Å². The predicted octanol–water partition coefficient (Wildman–Crippen LogP) is 3.01. The average Bonchev–Trinajstić information content (AvgIpc) is 2.37. The van der Waals surface area contributed by atoms with Crippen molar-refractivity contribution in [3.63, 3.8) is 0 Å². The van der Waals surface area contributed by atoms with Gasteiger partial charge in [0.25, 0.3) is 5.91 Å². The highest BCUT2D eigenvalue weighted by molar-refractivity contribution is 5.85. The Morgan fingerprint density at radius 1 is 1.18 bits per heavy atom. The monoisotopic (exact) mass is 314 g/mol. The molecule has 1 aliphatic carbocycles. The van der Waals surface area contributed by atoms with E-state index in [4.69, 9.17) is 9.57 Å². The van der Waals surface area contributed by atoms with E-state index in [-0.39, 0.29) is 11.4 Å². The maximum Gasteiger partial charge on any atom is 0.408 e. The van der Waals surface area contributed by atoms with Crippen molar-refractivity contribution < 1.29 is 19.2 Å². The zero-order valence-electron chi connectivity index (χ0n) is 14.7. The van der Waals surface area contributed by atoms with Gasteiger partial charge in [-0.15, -0.1) is 0 Å². The van der Waals surface area contributed by atoms with Crippen molar-refractivity contribution in [3.8, 4) is 0 Å². The first-order valence-corrected chi connectivity index (χ1v) is 7.97. The third kappa shape index (κ3) is 5.16. The lowest BCUT2D eigenvalue weighted by molar-refractivity contribution is -0.213. The van der Waals surface area contributed by atoms with Gasteiger partial charge in [0.2, 0.25) is 0 Å². The zero-order valence-corrected chi connectivity index (χ0v) is 14.7. The lowest BCUT2D eigenvalue weighted by Crippen LogP contribution is -2.56. The minimum absolute atomic E-state index is 0.252. The van der Waals surface area contributed by atoms with Crippen LogP contribution < -0.4 is 5.32 Å². The molecule has 0 unspecified atom stereocenters. The molecular formula is C16H30N2O4. The summed E-state index contributed by atoms with van der Waals surface area (Å²) in [5.74, 6) is -0.252. The van der Waals surface area contributed by atoms with Crippen molar-refractivity contribution in [1.29, 1.82) is 0 Å². The molecule has 0 heterocycles. The Morgan fingerprint density at radius 3 is 2.18 bits per heavy atom. The van der Waals surface area contributed by atoms with Crippen molar-refractivity contribution in [1.82, 2.24) is 10.4 Å². The van der Waals surface area contributed by atoms with E-state index in [1.807, 2.05) is 6.92 Å². The molecule has 0 radical (unpaired) electrons. The summed E-state index contributed by atoms with van der Waals surface area (Å²) >= 11 is 0. The summed E-state index contributed by atoms with van der Waals surface area (Å²) in [6.45, 7) is 9.02. The third-order valence-electron chi connectivity index (χ3n) is 3.91. The lowest BCUT2D eigenvalue weighted by atomic mass is 9.83. The van der Waals surface area contributed by atoms with E-state index < -0.39 is 17.7 Å². The van der Waals surface area contributed by atoms with E-state index in [1.54, 1.807) is 27.7 Å². The Kier molecular flexibility index (Phi) is 6.23. The topological polar surface area (TPSA) is 67.9 Å². The van der Waals surface area contributed by atoms with Crippen molar-refractivity contribution >= 4 is 12.0 Å². The molecule has 128 valence electrons. The molecule has 1 N–H and O–H groups in total. The minimum atomic E-state index is -0.700. The molecule has 22 heavy (non-hydrogen) atoms. The van der Waals surface area contributed by atoms with Crippen LogP contribution in [-0.2, 0) is 14.4 Å². The number of hydrogen-bond acceptors (Lipinski definition) is 4. The van der Waals surface area contributed by atoms with Crippen LogP contribution in [0.4, 0.5) is 4.79 Å². The number of rotatable bonds is 4. The standard InChI is InChI=1S/C16H30N2O4/c1-12(17-14(20)22-15(2,3)4)13(19)18(21-6)16(5)10-8-7-9-11-16/h12H,7-11H2,1-6H3,(H,17,20)/t12-/m0/s1. The van der Waals surface area contributed by atoms with Crippen LogP contribution in [0.15, 0.2) is 0 Å². The summed E-state index contributed by atoms with van der Waals surface area (Å²) in [6, 6.07) is -0.700. The van der Waals surface area contributed by atoms with Crippen molar-refractivity contribution in [2.75, 3.05) is 7.11 Å². The van der Waals surface area contributed by atoms with Crippen LogP contribution in [0.5, 0.6) is 0 Å². The molecule has 1 fully saturated rings. The highest BCUT2D eigenvalue weighted by Crippen LogP contribution is 2.33. The molecule has 6 heteroatoms. The van der Waals surface area contributed by atoms with Crippen LogP contribution in [0.25, 0.3) is 0 Å². The number of hydroxylamine groups is 2. The second-order valence-corrected chi connectivity index (χ2v) is 7.24. The van der Waals surface area contributed by atoms with Gasteiger partial charge in [-0.1, -0.05) is 19.3 Å². The molecule has 6 nitrogen and oxygen atoms in total. The SMILES string of the molecule is CON(C(=O)[C@H](C)NC(=O)OC(C)(C)C)C1(C)CCCCC1. The summed E-state index contributed by atoms with van der Waals surface area (Å²) in [5, 5.41) is 4.00. The molecule has 2 amide bonds. The molecule has 0 aromatic rings. The molecule has 1 aliphatic rings. The number of carbonyl (C=O) groups is 2. The Bertz CT molecular complexity index is 397. The fourth-order valence-corrected chi connectivity index (χ4v) is 2.81. The van der Waals surface area contributed by atoms with Gasteiger partial charge in [0, 0.05) is 0 Å². The number of alkyl carbamates (subject to hydrolysis) is 1. The Hall–Kier alpha value is -1.30. The molecule has 0 aromatic heterocycles. The fraction of sp³-hybridized carbons (Fsp3) is 0.875. The van der Waals surface area contributed by atoms with E-state index in [0.717, 1.165) is 25.7 Å². The van der Waals surface area contributed by atoms with Crippen molar-refractivity contribution in [2.24, 2.45) is 0 Å². The molecule has 0 bridgehead atoms. The number of amides is 2. The highest BCUT2D eigenvalue weighted by atomic mass is 16.7. The number of hydrogen-bond donors (Lipinski definition) is 1. The number of nitrogens with zero attached hydrogens (tertiary/aromatic N) is 1. The first-order chi connectivity index (χ1) is 10.1. The smallest absolute Gasteiger partial charge is 0.408 e. The largest absolute Gasteiger partial charge is 0.444 e. The summed E-state index contributed by atoms with van der Waals surface area (Å²) in [5.41, 5.74) is -0.906. The van der Waals surface area contributed by atoms with Gasteiger partial charge >= 0.3 is 6.09 Å². The lowest BCUT2D eigenvalue weighted by Gasteiger charge is -2.42. The maximum atomic E-state index is 12.6. The van der Waals surface area contributed by atoms with E-state index in [0.29, 0.717) is 0 Å². The zero-order chi connectivity index (χ0) is 17.0. The number of ether oxygens (including phenoxy) is 1. The van der Waals surface area contributed by atoms with Crippen LogP contribution in [0, 0.1) is 0 Å². The molecule has 1 rings (SSSR count). The first-order valence-electron chi connectivity index (χ1n) is 7.97. The fourth-order valence-electron chi connectivity index (χ4n) is 2.81. The van der Waals surface area contributed by atoms with Gasteiger partial charge in [0.05, 0.1) is 12.6 Å². The van der Waals surface area contributed by atoms with E-state index in [1.165, 1.54) is 18.6 Å². The first kappa shape index (κ1) is 18.7. The van der Waals surface area contributed by atoms with Gasteiger partial charge < -0.3 is 10.1 Å². The van der Waals surface area contributed by atoms with Gasteiger partial charge in [-0.2, -0.15) is 0 Å². The summed E-state index contributed by atoms with van der Waals surface area (Å²) in [4.78, 5) is 29.8. The quantitative estimate of drug-likeness (QED) is 0.810. The van der Waals surface area contributed by atoms with Crippen molar-refractivity contribution in [2.45, 2.75) is 83.9 Å². The minimum Gasteiger partial charge on any atom is -0.444 e. The second-order valence-electron chi connectivity index (χ2n) is 7.24. The van der Waals surface area contributed by atoms with E-state index >= 15 is 0 Å². The molecule has 1 saturated carbocycles. The van der Waals surface area contributed by atoms with Crippen LogP contribution in [0.2, 0.25) is 0 Å². The van der Waals surface area contributed by atoms with E-state index in [9.17, 15) is 9.59 Å². The van der Waals surface area contributed by atoms with Gasteiger partial charge in [0.1, 0.15) is 11.6 Å². The van der Waals surface area contributed by atoms with Gasteiger partial charge in [-0.25, -0.2) is 9.86 Å². The predicted molar refractivity (Wildman–Crippen MR) is 84.2 cm³/mol. The molecule has 0 spiro atoms. The number of carbonyl (C=O) groups excluding carboxylic acids is 2. The average molecular weight is 314 g/mol. The summed E-state index contributed by atoms with van der Waals surface area (Å²) in [7, 11) is 1.50. The normalized spacial score (nSPS) is 19.2. The number of nitrogens with one attached hydrogen (secondary N) is 1. The molecule has 0 aliphatic heterocycles. The Labute approximate surface area is 133 Å². The highest BCUT2D eigenvalue weighted by Gasteiger charge is 2.39. The Balaban J connectivity index is 2.68. The van der Waals surface area contributed by atoms with Crippen LogP contribution in [-0.4, -0.2) is 41.4 Å². The van der Waals surface area contributed by atoms with Crippen molar-refractivity contribution in [3.05, 3.63) is 0 Å². The Morgan fingerprint density at radius 2 is 1.73 bits per heavy atom. The third-order valence-corrected chi connectivity index (χ3v) is 3.91. The second kappa shape index (κ2) is 7.31. The maximum absolute atomic E-state index is 12.6. The summed E-state index contributed by atoms with van der Waals surface area (Å²) in [6.07, 6.45) is 4.57. The van der Waals surface area contributed by atoms with Gasteiger partial charge in [0.15, 0.2) is 0 Å². The molecule has 1 atom stereocenters. The van der Waals surface area contributed by atoms with Crippen LogP contribution in [0.3, 0.4) is 0 Å². The van der Waals surface area contributed by atoms with E-state index in [2.05, 4.69) is 5.32 Å². The molecule has 0 saturated heterocycles. The molecular weight excluding hydrogens is 284 g/mol.